The van der Waals surface area contributed by atoms with E-state index in [0.717, 1.165) is 11.1 Å². The van der Waals surface area contributed by atoms with Crippen molar-refractivity contribution < 1.29 is 27.5 Å². The number of carbonyl (C=O) groups excluding carboxylic acids is 2. The molecule has 226 valence electrons. The molecule has 2 amide bonds. The fraction of sp³-hybridized carbons (Fsp3) is 0.212. The number of rotatable bonds is 9. The molecule has 4 aromatic carbocycles. The van der Waals surface area contributed by atoms with Crippen molar-refractivity contribution in [3.63, 3.8) is 0 Å². The Balaban J connectivity index is 1.11. The SMILES string of the molecule is O=C(NCCc1ccccc1)[C@@H]1CN(C(=O)COc2ccc(S(=O)(=O)N3CCc4ccccc43)cc2Cl)c2ccccc2O1. The van der Waals surface area contributed by atoms with Crippen molar-refractivity contribution in [2.24, 2.45) is 0 Å². The van der Waals surface area contributed by atoms with Crippen LogP contribution in [0.1, 0.15) is 11.1 Å². The number of amides is 2. The maximum atomic E-state index is 13.4. The first-order valence-electron chi connectivity index (χ1n) is 14.2. The average molecular weight is 632 g/mol. The Kier molecular flexibility index (Phi) is 8.45. The maximum absolute atomic E-state index is 13.4. The number of nitrogens with one attached hydrogen (secondary N) is 1. The number of hydrogen-bond acceptors (Lipinski definition) is 6. The monoisotopic (exact) mass is 631 g/mol. The minimum absolute atomic E-state index is 0.00139. The van der Waals surface area contributed by atoms with E-state index in [2.05, 4.69) is 5.32 Å². The molecule has 6 rings (SSSR count). The van der Waals surface area contributed by atoms with Gasteiger partial charge in [-0.1, -0.05) is 72.3 Å². The number of halogens is 1. The molecule has 44 heavy (non-hydrogen) atoms. The molecule has 0 aromatic heterocycles. The number of anilines is 2. The first-order valence-corrected chi connectivity index (χ1v) is 16.0. The van der Waals surface area contributed by atoms with Gasteiger partial charge in [-0.15, -0.1) is 0 Å². The Bertz CT molecular complexity index is 1800. The highest BCUT2D eigenvalue weighted by atomic mass is 35.5. The lowest BCUT2D eigenvalue weighted by molar-refractivity contribution is -0.128. The summed E-state index contributed by atoms with van der Waals surface area (Å²) in [5.74, 6) is -0.164. The summed E-state index contributed by atoms with van der Waals surface area (Å²) in [5.41, 5.74) is 3.25. The predicted molar refractivity (Wildman–Crippen MR) is 168 cm³/mol. The molecule has 2 aliphatic rings. The van der Waals surface area contributed by atoms with Crippen LogP contribution in [-0.4, -0.2) is 52.6 Å². The van der Waals surface area contributed by atoms with Crippen LogP contribution in [0.5, 0.6) is 11.5 Å². The fourth-order valence-electron chi connectivity index (χ4n) is 5.36. The van der Waals surface area contributed by atoms with Gasteiger partial charge in [0.15, 0.2) is 12.7 Å². The molecule has 4 aromatic rings. The van der Waals surface area contributed by atoms with Crippen molar-refractivity contribution in [1.82, 2.24) is 5.32 Å². The Morgan fingerprint density at radius 3 is 2.45 bits per heavy atom. The Hall–Kier alpha value is -4.54. The van der Waals surface area contributed by atoms with Crippen LogP contribution in [0.2, 0.25) is 5.02 Å². The second kappa shape index (κ2) is 12.6. The molecule has 0 radical (unpaired) electrons. The molecule has 0 saturated carbocycles. The van der Waals surface area contributed by atoms with Gasteiger partial charge < -0.3 is 19.7 Å². The number of sulfonamides is 1. The summed E-state index contributed by atoms with van der Waals surface area (Å²) in [5, 5.41) is 2.96. The Morgan fingerprint density at radius 2 is 1.66 bits per heavy atom. The van der Waals surface area contributed by atoms with Crippen molar-refractivity contribution in [2.45, 2.75) is 23.8 Å². The van der Waals surface area contributed by atoms with Gasteiger partial charge in [0.2, 0.25) is 0 Å². The highest BCUT2D eigenvalue weighted by molar-refractivity contribution is 7.92. The van der Waals surface area contributed by atoms with Gasteiger partial charge in [-0.3, -0.25) is 13.9 Å². The summed E-state index contributed by atoms with van der Waals surface area (Å²) in [6, 6.07) is 28.4. The quantitative estimate of drug-likeness (QED) is 0.289. The first kappa shape index (κ1) is 29.5. The number of hydrogen-bond donors (Lipinski definition) is 1. The predicted octanol–water partition coefficient (Wildman–Crippen LogP) is 4.62. The number of nitrogens with zero attached hydrogens (tertiary/aromatic N) is 2. The number of ether oxygens (including phenoxy) is 2. The second-order valence-electron chi connectivity index (χ2n) is 10.4. The normalized spacial score (nSPS) is 15.6. The number of fused-ring (bicyclic) bond motifs is 2. The molecule has 1 atom stereocenters. The molecule has 2 aliphatic heterocycles. The zero-order valence-corrected chi connectivity index (χ0v) is 25.3. The Labute approximate surface area is 261 Å². The minimum atomic E-state index is -3.84. The lowest BCUT2D eigenvalue weighted by atomic mass is 10.1. The molecule has 11 heteroatoms. The van der Waals surface area contributed by atoms with Gasteiger partial charge >= 0.3 is 0 Å². The summed E-state index contributed by atoms with van der Waals surface area (Å²) >= 11 is 6.44. The number of para-hydroxylation sites is 3. The van der Waals surface area contributed by atoms with Crippen LogP contribution in [0, 0.1) is 0 Å². The molecule has 2 heterocycles. The van der Waals surface area contributed by atoms with Crippen LogP contribution < -0.4 is 24.0 Å². The lowest BCUT2D eigenvalue weighted by Crippen LogP contribution is -2.52. The molecule has 0 fully saturated rings. The summed E-state index contributed by atoms with van der Waals surface area (Å²) in [6.45, 7) is 0.385. The van der Waals surface area contributed by atoms with Crippen LogP contribution in [-0.2, 0) is 32.5 Å². The molecule has 0 spiro atoms. The van der Waals surface area contributed by atoms with Gasteiger partial charge in [-0.2, -0.15) is 0 Å². The van der Waals surface area contributed by atoms with Crippen LogP contribution in [0.3, 0.4) is 0 Å². The molecular weight excluding hydrogens is 602 g/mol. The van der Waals surface area contributed by atoms with Crippen molar-refractivity contribution in [2.75, 3.05) is 35.4 Å². The van der Waals surface area contributed by atoms with Crippen LogP contribution in [0.4, 0.5) is 11.4 Å². The topological polar surface area (TPSA) is 105 Å². The van der Waals surface area contributed by atoms with E-state index in [1.165, 1.54) is 27.4 Å². The molecular formula is C33H30ClN3O6S. The van der Waals surface area contributed by atoms with E-state index in [1.807, 2.05) is 42.5 Å². The summed E-state index contributed by atoms with van der Waals surface area (Å²) in [6.07, 6.45) is 0.389. The van der Waals surface area contributed by atoms with Crippen LogP contribution in [0.25, 0.3) is 0 Å². The van der Waals surface area contributed by atoms with Crippen molar-refractivity contribution in [3.05, 3.63) is 113 Å². The van der Waals surface area contributed by atoms with Crippen LogP contribution in [0.15, 0.2) is 102 Å². The molecule has 0 saturated heterocycles. The zero-order chi connectivity index (χ0) is 30.7. The van der Waals surface area contributed by atoms with E-state index in [1.54, 1.807) is 36.4 Å². The first-order chi connectivity index (χ1) is 21.3. The molecule has 0 unspecified atom stereocenters. The number of carbonyl (C=O) groups is 2. The third-order valence-electron chi connectivity index (χ3n) is 7.61. The van der Waals surface area contributed by atoms with Gasteiger partial charge in [-0.05, 0) is 60.4 Å². The van der Waals surface area contributed by atoms with Gasteiger partial charge in [0.1, 0.15) is 11.5 Å². The molecule has 0 aliphatic carbocycles. The van der Waals surface area contributed by atoms with E-state index in [9.17, 15) is 18.0 Å². The van der Waals surface area contributed by atoms with Crippen molar-refractivity contribution in [3.8, 4) is 11.5 Å². The molecule has 9 nitrogen and oxygen atoms in total. The highest BCUT2D eigenvalue weighted by Gasteiger charge is 2.34. The summed E-state index contributed by atoms with van der Waals surface area (Å²) < 4.78 is 39.9. The second-order valence-corrected chi connectivity index (χ2v) is 12.7. The molecule has 1 N–H and O–H groups in total. The van der Waals surface area contributed by atoms with Crippen molar-refractivity contribution in [1.29, 1.82) is 0 Å². The van der Waals surface area contributed by atoms with E-state index in [-0.39, 0.29) is 34.7 Å². The minimum Gasteiger partial charge on any atom is -0.482 e. The average Bonchev–Trinajstić information content (AvgIpc) is 3.49. The number of benzene rings is 4. The van der Waals surface area contributed by atoms with Crippen LogP contribution >= 0.6 is 11.6 Å². The van der Waals surface area contributed by atoms with E-state index < -0.39 is 22.0 Å². The third kappa shape index (κ3) is 6.09. The van der Waals surface area contributed by atoms with Gasteiger partial charge in [-0.25, -0.2) is 8.42 Å². The van der Waals surface area contributed by atoms with Gasteiger partial charge in [0.05, 0.1) is 27.8 Å². The van der Waals surface area contributed by atoms with Crippen molar-refractivity contribution >= 4 is 44.8 Å². The fourth-order valence-corrected chi connectivity index (χ4v) is 7.19. The highest BCUT2D eigenvalue weighted by Crippen LogP contribution is 2.36. The third-order valence-corrected chi connectivity index (χ3v) is 9.71. The maximum Gasteiger partial charge on any atom is 0.265 e. The Morgan fingerprint density at radius 1 is 0.932 bits per heavy atom. The van der Waals surface area contributed by atoms with Gasteiger partial charge in [0, 0.05) is 13.1 Å². The summed E-state index contributed by atoms with van der Waals surface area (Å²) in [4.78, 5) is 27.9. The van der Waals surface area contributed by atoms with E-state index >= 15 is 0 Å². The van der Waals surface area contributed by atoms with E-state index in [0.29, 0.717) is 43.1 Å². The van der Waals surface area contributed by atoms with E-state index in [4.69, 9.17) is 21.1 Å². The zero-order valence-electron chi connectivity index (χ0n) is 23.7. The summed E-state index contributed by atoms with van der Waals surface area (Å²) in [7, 11) is -3.84. The largest absolute Gasteiger partial charge is 0.482 e. The smallest absolute Gasteiger partial charge is 0.265 e. The standard InChI is InChI=1S/C33H30ClN3O6S/c34-26-20-25(44(40,41)37-19-17-24-10-4-5-11-27(24)37)14-15-29(26)42-22-32(38)36-21-31(43-30-13-7-6-12-28(30)36)33(39)35-18-16-23-8-2-1-3-9-23/h1-15,20,31H,16-19,21-22H2,(H,35,39)/t31-/m0/s1. The molecule has 0 bridgehead atoms. The lowest BCUT2D eigenvalue weighted by Gasteiger charge is -2.34. The van der Waals surface area contributed by atoms with Gasteiger partial charge in [0.25, 0.3) is 21.8 Å².